The van der Waals surface area contributed by atoms with Crippen molar-refractivity contribution in [3.8, 4) is 5.75 Å². The third kappa shape index (κ3) is 3.36. The van der Waals surface area contributed by atoms with Gasteiger partial charge in [0.05, 0.1) is 10.6 Å². The Kier molecular flexibility index (Phi) is 3.92. The SMILES string of the molecule is CN(C)S(=O)(=O)c1ccc(OC(C)(C)C)c(N)c1. The smallest absolute Gasteiger partial charge is 0.242 e. The molecular formula is C12H20N2O3S. The predicted octanol–water partition coefficient (Wildman–Crippen LogP) is 1.70. The summed E-state index contributed by atoms with van der Waals surface area (Å²) in [5.74, 6) is 0.486. The standard InChI is InChI=1S/C12H20N2O3S/c1-12(2,3)17-11-7-6-9(8-10(11)13)18(15,16)14(4)5/h6-8H,13H2,1-5H3. The molecule has 0 saturated heterocycles. The first kappa shape index (κ1) is 14.8. The van der Waals surface area contributed by atoms with Crippen molar-refractivity contribution < 1.29 is 13.2 Å². The van der Waals surface area contributed by atoms with Gasteiger partial charge in [0.2, 0.25) is 10.0 Å². The van der Waals surface area contributed by atoms with Crippen LogP contribution in [-0.2, 0) is 10.0 Å². The Labute approximate surface area is 109 Å². The number of rotatable bonds is 3. The molecule has 18 heavy (non-hydrogen) atoms. The van der Waals surface area contributed by atoms with Crippen molar-refractivity contribution in [3.05, 3.63) is 18.2 Å². The van der Waals surface area contributed by atoms with Gasteiger partial charge in [0, 0.05) is 14.1 Å². The van der Waals surface area contributed by atoms with E-state index in [1.54, 1.807) is 6.07 Å². The molecule has 0 aliphatic carbocycles. The molecule has 0 atom stereocenters. The summed E-state index contributed by atoms with van der Waals surface area (Å²) in [4.78, 5) is 0.159. The summed E-state index contributed by atoms with van der Waals surface area (Å²) in [5.41, 5.74) is 5.75. The molecule has 6 heteroatoms. The van der Waals surface area contributed by atoms with Gasteiger partial charge >= 0.3 is 0 Å². The molecule has 0 aliphatic rings. The molecule has 0 radical (unpaired) electrons. The summed E-state index contributed by atoms with van der Waals surface area (Å²) in [6.07, 6.45) is 0. The topological polar surface area (TPSA) is 72.6 Å². The van der Waals surface area contributed by atoms with Crippen molar-refractivity contribution in [3.63, 3.8) is 0 Å². The second-order valence-electron chi connectivity index (χ2n) is 5.20. The highest BCUT2D eigenvalue weighted by molar-refractivity contribution is 7.89. The summed E-state index contributed by atoms with van der Waals surface area (Å²) in [7, 11) is -0.508. The van der Waals surface area contributed by atoms with Crippen LogP contribution in [0.15, 0.2) is 23.1 Å². The van der Waals surface area contributed by atoms with Gasteiger partial charge < -0.3 is 10.5 Å². The zero-order chi connectivity index (χ0) is 14.1. The first-order chi connectivity index (χ1) is 8.04. The van der Waals surface area contributed by atoms with E-state index in [0.29, 0.717) is 11.4 Å². The third-order valence-electron chi connectivity index (χ3n) is 2.18. The van der Waals surface area contributed by atoms with Crippen LogP contribution in [0.5, 0.6) is 5.75 Å². The second kappa shape index (κ2) is 4.78. The minimum absolute atomic E-state index is 0.159. The summed E-state index contributed by atoms with van der Waals surface area (Å²) in [5, 5.41) is 0. The van der Waals surface area contributed by atoms with E-state index in [-0.39, 0.29) is 10.5 Å². The van der Waals surface area contributed by atoms with Crippen LogP contribution in [0, 0.1) is 0 Å². The lowest BCUT2D eigenvalue weighted by atomic mass is 10.2. The lowest BCUT2D eigenvalue weighted by Gasteiger charge is -2.22. The molecule has 1 aromatic rings. The fourth-order valence-corrected chi connectivity index (χ4v) is 2.26. The molecule has 0 heterocycles. The molecule has 1 aromatic carbocycles. The number of hydrogen-bond donors (Lipinski definition) is 1. The first-order valence-corrected chi connectivity index (χ1v) is 6.99. The minimum atomic E-state index is -3.46. The second-order valence-corrected chi connectivity index (χ2v) is 7.35. The van der Waals surface area contributed by atoms with E-state index in [1.807, 2.05) is 20.8 Å². The Bertz CT molecular complexity index is 531. The third-order valence-corrected chi connectivity index (χ3v) is 3.99. The highest BCUT2D eigenvalue weighted by Crippen LogP contribution is 2.28. The quantitative estimate of drug-likeness (QED) is 0.850. The van der Waals surface area contributed by atoms with E-state index in [9.17, 15) is 8.42 Å². The van der Waals surface area contributed by atoms with Crippen molar-refractivity contribution in [1.82, 2.24) is 4.31 Å². The van der Waals surface area contributed by atoms with Crippen molar-refractivity contribution in [2.75, 3.05) is 19.8 Å². The van der Waals surface area contributed by atoms with E-state index >= 15 is 0 Å². The van der Waals surface area contributed by atoms with Gasteiger partial charge in [-0.3, -0.25) is 0 Å². The van der Waals surface area contributed by atoms with Gasteiger partial charge in [0.15, 0.2) is 0 Å². The zero-order valence-electron chi connectivity index (χ0n) is 11.4. The number of benzene rings is 1. The van der Waals surface area contributed by atoms with E-state index in [2.05, 4.69) is 0 Å². The molecule has 0 amide bonds. The van der Waals surface area contributed by atoms with Crippen molar-refractivity contribution in [2.24, 2.45) is 0 Å². The molecular weight excluding hydrogens is 252 g/mol. The highest BCUT2D eigenvalue weighted by atomic mass is 32.2. The number of nitrogen functional groups attached to an aromatic ring is 1. The van der Waals surface area contributed by atoms with Crippen LogP contribution >= 0.6 is 0 Å². The number of nitrogens with zero attached hydrogens (tertiary/aromatic N) is 1. The van der Waals surface area contributed by atoms with Crippen LogP contribution in [0.3, 0.4) is 0 Å². The van der Waals surface area contributed by atoms with Crippen molar-refractivity contribution in [1.29, 1.82) is 0 Å². The molecule has 0 aromatic heterocycles. The van der Waals surface area contributed by atoms with Crippen LogP contribution in [0.1, 0.15) is 20.8 Å². The molecule has 2 N–H and O–H groups in total. The average molecular weight is 272 g/mol. The van der Waals surface area contributed by atoms with Gasteiger partial charge in [0.1, 0.15) is 11.4 Å². The molecule has 5 nitrogen and oxygen atoms in total. The Hall–Kier alpha value is -1.27. The molecule has 1 rings (SSSR count). The van der Waals surface area contributed by atoms with Gasteiger partial charge in [-0.2, -0.15) is 0 Å². The highest BCUT2D eigenvalue weighted by Gasteiger charge is 2.20. The molecule has 0 unspecified atom stereocenters. The van der Waals surface area contributed by atoms with Crippen molar-refractivity contribution in [2.45, 2.75) is 31.3 Å². The lowest BCUT2D eigenvalue weighted by Crippen LogP contribution is -2.24. The Morgan fingerprint density at radius 1 is 1.22 bits per heavy atom. The van der Waals surface area contributed by atoms with Gasteiger partial charge in [-0.15, -0.1) is 0 Å². The van der Waals surface area contributed by atoms with Crippen LogP contribution < -0.4 is 10.5 Å². The maximum Gasteiger partial charge on any atom is 0.242 e. The monoisotopic (exact) mass is 272 g/mol. The maximum absolute atomic E-state index is 11.9. The number of ether oxygens (including phenoxy) is 1. The van der Waals surface area contributed by atoms with E-state index in [1.165, 1.54) is 26.2 Å². The number of hydrogen-bond acceptors (Lipinski definition) is 4. The molecule has 0 spiro atoms. The Balaban J connectivity index is 3.15. The lowest BCUT2D eigenvalue weighted by molar-refractivity contribution is 0.132. The van der Waals surface area contributed by atoms with Gasteiger partial charge in [-0.1, -0.05) is 0 Å². The number of sulfonamides is 1. The van der Waals surface area contributed by atoms with Crippen molar-refractivity contribution >= 4 is 15.7 Å². The molecule has 102 valence electrons. The van der Waals surface area contributed by atoms with Crippen LogP contribution in [0.2, 0.25) is 0 Å². The molecule has 0 bridgehead atoms. The normalized spacial score (nSPS) is 12.8. The van der Waals surface area contributed by atoms with E-state index < -0.39 is 10.0 Å². The minimum Gasteiger partial charge on any atom is -0.486 e. The number of anilines is 1. The summed E-state index contributed by atoms with van der Waals surface area (Å²) in [6, 6.07) is 4.49. The largest absolute Gasteiger partial charge is 0.486 e. The van der Waals surface area contributed by atoms with E-state index in [4.69, 9.17) is 10.5 Å². The van der Waals surface area contributed by atoms with Crippen LogP contribution in [0.4, 0.5) is 5.69 Å². The summed E-state index contributed by atoms with van der Waals surface area (Å²) >= 11 is 0. The van der Waals surface area contributed by atoms with Gasteiger partial charge in [-0.05, 0) is 39.0 Å². The van der Waals surface area contributed by atoms with Crippen LogP contribution in [-0.4, -0.2) is 32.4 Å². The predicted molar refractivity (Wildman–Crippen MR) is 72.1 cm³/mol. The molecule has 0 saturated carbocycles. The first-order valence-electron chi connectivity index (χ1n) is 5.55. The maximum atomic E-state index is 11.9. The fraction of sp³-hybridized carbons (Fsp3) is 0.500. The zero-order valence-corrected chi connectivity index (χ0v) is 12.2. The summed E-state index contributed by atoms with van der Waals surface area (Å²) in [6.45, 7) is 5.70. The Morgan fingerprint density at radius 2 is 1.78 bits per heavy atom. The Morgan fingerprint density at radius 3 is 2.17 bits per heavy atom. The van der Waals surface area contributed by atoms with E-state index in [0.717, 1.165) is 4.31 Å². The van der Waals surface area contributed by atoms with Gasteiger partial charge in [0.25, 0.3) is 0 Å². The van der Waals surface area contributed by atoms with Crippen LogP contribution in [0.25, 0.3) is 0 Å². The van der Waals surface area contributed by atoms with Gasteiger partial charge in [-0.25, -0.2) is 12.7 Å². The molecule has 0 aliphatic heterocycles. The molecule has 0 fully saturated rings. The fourth-order valence-electron chi connectivity index (χ4n) is 1.32. The summed E-state index contributed by atoms with van der Waals surface area (Å²) < 4.78 is 30.6. The average Bonchev–Trinajstić information content (AvgIpc) is 2.18. The number of nitrogens with two attached hydrogens (primary N) is 1.